The molecule has 2 aromatic heterocycles. The van der Waals surface area contributed by atoms with Crippen LogP contribution >= 0.6 is 11.3 Å². The Morgan fingerprint density at radius 1 is 1.17 bits per heavy atom. The molecule has 0 atom stereocenters. The molecule has 1 amide bonds. The Morgan fingerprint density at radius 2 is 1.96 bits per heavy atom. The number of hydrogen-bond donors (Lipinski definition) is 0. The molecule has 3 heterocycles. The first-order chi connectivity index (χ1) is 11.2. The standard InChI is InChI=1S/C17H18N4OS/c1-19-12-14(11-18-19)20-6-8-21(9-7-20)17(22)16-10-13-4-2-3-5-15(13)23-16/h2-5,10-12H,6-9H2,1H3. The van der Waals surface area contributed by atoms with Crippen molar-refractivity contribution in [2.24, 2.45) is 7.05 Å². The topological polar surface area (TPSA) is 41.4 Å². The molecule has 23 heavy (non-hydrogen) atoms. The fourth-order valence-corrected chi connectivity index (χ4v) is 4.01. The highest BCUT2D eigenvalue weighted by Gasteiger charge is 2.24. The fraction of sp³-hybridized carbons (Fsp3) is 0.294. The number of carbonyl (C=O) groups excluding carboxylic acids is 1. The van der Waals surface area contributed by atoms with E-state index < -0.39 is 0 Å². The van der Waals surface area contributed by atoms with Gasteiger partial charge in [-0.2, -0.15) is 5.10 Å². The van der Waals surface area contributed by atoms with Crippen molar-refractivity contribution in [3.05, 3.63) is 47.6 Å². The maximum absolute atomic E-state index is 12.7. The molecule has 4 rings (SSSR count). The molecule has 1 fully saturated rings. The summed E-state index contributed by atoms with van der Waals surface area (Å²) in [4.78, 5) is 17.8. The summed E-state index contributed by atoms with van der Waals surface area (Å²) in [5, 5.41) is 5.36. The lowest BCUT2D eigenvalue weighted by molar-refractivity contribution is 0.0752. The zero-order valence-corrected chi connectivity index (χ0v) is 13.8. The van der Waals surface area contributed by atoms with Crippen molar-refractivity contribution in [1.82, 2.24) is 14.7 Å². The van der Waals surface area contributed by atoms with Crippen molar-refractivity contribution in [3.8, 4) is 0 Å². The van der Waals surface area contributed by atoms with E-state index in [1.54, 1.807) is 11.3 Å². The molecule has 6 heteroatoms. The number of piperazine rings is 1. The number of carbonyl (C=O) groups is 1. The smallest absolute Gasteiger partial charge is 0.264 e. The number of benzene rings is 1. The quantitative estimate of drug-likeness (QED) is 0.727. The van der Waals surface area contributed by atoms with Gasteiger partial charge < -0.3 is 9.80 Å². The van der Waals surface area contributed by atoms with Gasteiger partial charge in [0.1, 0.15) is 0 Å². The molecular formula is C17H18N4OS. The summed E-state index contributed by atoms with van der Waals surface area (Å²) in [6.45, 7) is 3.20. The van der Waals surface area contributed by atoms with Gasteiger partial charge in [0.2, 0.25) is 0 Å². The van der Waals surface area contributed by atoms with Gasteiger partial charge in [-0.3, -0.25) is 9.48 Å². The molecule has 1 aliphatic rings. The maximum atomic E-state index is 12.7. The molecule has 0 saturated carbocycles. The Balaban J connectivity index is 1.46. The van der Waals surface area contributed by atoms with Crippen molar-refractivity contribution in [2.75, 3.05) is 31.1 Å². The summed E-state index contributed by atoms with van der Waals surface area (Å²) in [5.74, 6) is 0.150. The Hall–Kier alpha value is -2.34. The molecule has 0 aliphatic carbocycles. The highest BCUT2D eigenvalue weighted by Crippen LogP contribution is 2.27. The van der Waals surface area contributed by atoms with Crippen LogP contribution in [0.3, 0.4) is 0 Å². The minimum Gasteiger partial charge on any atom is -0.365 e. The third-order valence-corrected chi connectivity index (χ3v) is 5.36. The van der Waals surface area contributed by atoms with Gasteiger partial charge in [0.05, 0.1) is 16.8 Å². The SMILES string of the molecule is Cn1cc(N2CCN(C(=O)c3cc4ccccc4s3)CC2)cn1. The van der Waals surface area contributed by atoms with Gasteiger partial charge in [-0.25, -0.2) is 0 Å². The van der Waals surface area contributed by atoms with E-state index in [1.807, 2.05) is 47.2 Å². The van der Waals surface area contributed by atoms with Crippen LogP contribution in [0.15, 0.2) is 42.7 Å². The van der Waals surface area contributed by atoms with Crippen LogP contribution < -0.4 is 4.90 Å². The summed E-state index contributed by atoms with van der Waals surface area (Å²) in [6.07, 6.45) is 3.90. The largest absolute Gasteiger partial charge is 0.365 e. The van der Waals surface area contributed by atoms with Crippen LogP contribution in [0.2, 0.25) is 0 Å². The Labute approximate surface area is 138 Å². The molecule has 1 aliphatic heterocycles. The van der Waals surface area contributed by atoms with E-state index in [2.05, 4.69) is 22.1 Å². The normalized spacial score (nSPS) is 15.3. The van der Waals surface area contributed by atoms with Gasteiger partial charge in [-0.05, 0) is 17.5 Å². The molecule has 1 aromatic carbocycles. The van der Waals surface area contributed by atoms with Crippen molar-refractivity contribution in [2.45, 2.75) is 0 Å². The number of fused-ring (bicyclic) bond motifs is 1. The number of nitrogens with zero attached hydrogens (tertiary/aromatic N) is 4. The number of amides is 1. The third-order valence-electron chi connectivity index (χ3n) is 4.26. The number of anilines is 1. The fourth-order valence-electron chi connectivity index (χ4n) is 2.98. The lowest BCUT2D eigenvalue weighted by Crippen LogP contribution is -2.48. The molecule has 0 bridgehead atoms. The van der Waals surface area contributed by atoms with Crippen LogP contribution in [0.5, 0.6) is 0 Å². The number of thiophene rings is 1. The van der Waals surface area contributed by atoms with Crippen LogP contribution in [0.25, 0.3) is 10.1 Å². The summed E-state index contributed by atoms with van der Waals surface area (Å²) < 4.78 is 2.98. The van der Waals surface area contributed by atoms with E-state index >= 15 is 0 Å². The zero-order chi connectivity index (χ0) is 15.8. The van der Waals surface area contributed by atoms with E-state index in [-0.39, 0.29) is 5.91 Å². The molecule has 118 valence electrons. The summed E-state index contributed by atoms with van der Waals surface area (Å²) in [6, 6.07) is 10.2. The van der Waals surface area contributed by atoms with E-state index in [4.69, 9.17) is 0 Å². The molecular weight excluding hydrogens is 308 g/mol. The molecule has 1 saturated heterocycles. The van der Waals surface area contributed by atoms with E-state index in [1.165, 1.54) is 4.70 Å². The molecule has 0 unspecified atom stereocenters. The second-order valence-corrected chi connectivity index (χ2v) is 6.88. The van der Waals surface area contributed by atoms with Gasteiger partial charge in [0, 0.05) is 44.1 Å². The minimum atomic E-state index is 0.150. The monoisotopic (exact) mass is 326 g/mol. The molecule has 3 aromatic rings. The van der Waals surface area contributed by atoms with Crippen LogP contribution in [0.4, 0.5) is 5.69 Å². The number of rotatable bonds is 2. The third kappa shape index (κ3) is 2.70. The average Bonchev–Trinajstić information content (AvgIpc) is 3.20. The highest BCUT2D eigenvalue weighted by atomic mass is 32.1. The van der Waals surface area contributed by atoms with Gasteiger partial charge in [-0.15, -0.1) is 11.3 Å². The summed E-state index contributed by atoms with van der Waals surface area (Å²) in [5.41, 5.74) is 1.13. The molecule has 0 N–H and O–H groups in total. The Bertz CT molecular complexity index is 812. The zero-order valence-electron chi connectivity index (χ0n) is 13.0. The van der Waals surface area contributed by atoms with E-state index in [0.29, 0.717) is 0 Å². The molecule has 5 nitrogen and oxygen atoms in total. The Morgan fingerprint density at radius 3 is 2.65 bits per heavy atom. The van der Waals surface area contributed by atoms with Crippen molar-refractivity contribution < 1.29 is 4.79 Å². The second kappa shape index (κ2) is 5.70. The number of aromatic nitrogens is 2. The van der Waals surface area contributed by atoms with Crippen molar-refractivity contribution >= 4 is 33.0 Å². The van der Waals surface area contributed by atoms with Crippen LogP contribution in [-0.2, 0) is 7.05 Å². The lowest BCUT2D eigenvalue weighted by atomic mass is 10.2. The predicted octanol–water partition coefficient (Wildman–Crippen LogP) is 2.60. The molecule has 0 spiro atoms. The van der Waals surface area contributed by atoms with Crippen LogP contribution in [0.1, 0.15) is 9.67 Å². The van der Waals surface area contributed by atoms with Gasteiger partial charge in [0.15, 0.2) is 0 Å². The van der Waals surface area contributed by atoms with E-state index in [0.717, 1.165) is 42.1 Å². The first kappa shape index (κ1) is 14.3. The Kier molecular flexibility index (Phi) is 3.53. The summed E-state index contributed by atoms with van der Waals surface area (Å²) >= 11 is 1.58. The predicted molar refractivity (Wildman–Crippen MR) is 93.1 cm³/mol. The van der Waals surface area contributed by atoms with Crippen LogP contribution in [0, 0.1) is 0 Å². The van der Waals surface area contributed by atoms with Gasteiger partial charge in [-0.1, -0.05) is 18.2 Å². The first-order valence-corrected chi connectivity index (χ1v) is 8.54. The van der Waals surface area contributed by atoms with Gasteiger partial charge >= 0.3 is 0 Å². The lowest BCUT2D eigenvalue weighted by Gasteiger charge is -2.35. The maximum Gasteiger partial charge on any atom is 0.264 e. The minimum absolute atomic E-state index is 0.150. The van der Waals surface area contributed by atoms with Crippen LogP contribution in [-0.4, -0.2) is 46.8 Å². The summed E-state index contributed by atoms with van der Waals surface area (Å²) in [7, 11) is 1.92. The molecule has 0 radical (unpaired) electrons. The van der Waals surface area contributed by atoms with Crippen molar-refractivity contribution in [1.29, 1.82) is 0 Å². The van der Waals surface area contributed by atoms with Gasteiger partial charge in [0.25, 0.3) is 5.91 Å². The van der Waals surface area contributed by atoms with Crippen molar-refractivity contribution in [3.63, 3.8) is 0 Å². The number of hydrogen-bond acceptors (Lipinski definition) is 4. The number of aryl methyl sites for hydroxylation is 1. The first-order valence-electron chi connectivity index (χ1n) is 7.72. The van der Waals surface area contributed by atoms with E-state index in [9.17, 15) is 4.79 Å². The second-order valence-electron chi connectivity index (χ2n) is 5.80. The highest BCUT2D eigenvalue weighted by molar-refractivity contribution is 7.20. The average molecular weight is 326 g/mol.